The summed E-state index contributed by atoms with van der Waals surface area (Å²) in [4.78, 5) is 27.2. The molecule has 230 valence electrons. The molecule has 0 spiro atoms. The Balaban J connectivity index is 1.24. The van der Waals surface area contributed by atoms with E-state index in [0.29, 0.717) is 30.5 Å². The van der Waals surface area contributed by atoms with Crippen LogP contribution in [0.4, 0.5) is 4.39 Å². The van der Waals surface area contributed by atoms with Crippen molar-refractivity contribution in [1.29, 1.82) is 0 Å². The molecule has 43 heavy (non-hydrogen) atoms. The molecule has 3 heterocycles. The van der Waals surface area contributed by atoms with Crippen molar-refractivity contribution >= 4 is 31.1 Å². The quantitative estimate of drug-likeness (QED) is 0.0820. The summed E-state index contributed by atoms with van der Waals surface area (Å²) in [5.41, 5.74) is 3.52. The van der Waals surface area contributed by atoms with E-state index in [1.807, 2.05) is 53.9 Å². The Hall–Kier alpha value is -2.54. The van der Waals surface area contributed by atoms with Gasteiger partial charge in [-0.2, -0.15) is 0 Å². The Bertz CT molecular complexity index is 1510. The van der Waals surface area contributed by atoms with Crippen LogP contribution in [0.5, 0.6) is 5.75 Å². The SMILES string of the molecule is COc1ccc(-c2c(CCNSCC3CCN(C(C)c4ccc(F)cc4)C3)nc(-c3cccs3)n2COP(=O)(O)O)cc1. The fourth-order valence-corrected chi connectivity index (χ4v) is 7.18. The maximum absolute atomic E-state index is 13.3. The highest BCUT2D eigenvalue weighted by Crippen LogP contribution is 2.39. The van der Waals surface area contributed by atoms with Crippen LogP contribution in [0.3, 0.4) is 0 Å². The van der Waals surface area contributed by atoms with Crippen LogP contribution in [0, 0.1) is 11.7 Å². The number of nitrogens with zero attached hydrogens (tertiary/aromatic N) is 3. The van der Waals surface area contributed by atoms with Crippen molar-refractivity contribution in [2.75, 3.05) is 32.5 Å². The van der Waals surface area contributed by atoms with Gasteiger partial charge in [-0.05, 0) is 79.2 Å². The first kappa shape index (κ1) is 31.9. The Morgan fingerprint density at radius 3 is 2.63 bits per heavy atom. The summed E-state index contributed by atoms with van der Waals surface area (Å²) in [5.74, 6) is 2.63. The van der Waals surface area contributed by atoms with Crippen LogP contribution >= 0.6 is 31.1 Å². The predicted octanol–water partition coefficient (Wildman–Crippen LogP) is 6.36. The zero-order chi connectivity index (χ0) is 30.4. The van der Waals surface area contributed by atoms with Gasteiger partial charge in [-0.15, -0.1) is 11.3 Å². The first-order valence-corrected chi connectivity index (χ1v) is 17.4. The number of methoxy groups -OCH3 is 1. The molecule has 13 heteroatoms. The second-order valence-corrected chi connectivity index (χ2v) is 13.5. The molecule has 2 unspecified atom stereocenters. The largest absolute Gasteiger partial charge is 0.497 e. The molecular formula is C30H36FN4O5PS2. The van der Waals surface area contributed by atoms with Gasteiger partial charge in [0.2, 0.25) is 0 Å². The fourth-order valence-electron chi connectivity index (χ4n) is 5.32. The lowest BCUT2D eigenvalue weighted by Crippen LogP contribution is -2.25. The Morgan fingerprint density at radius 1 is 1.19 bits per heavy atom. The van der Waals surface area contributed by atoms with Crippen LogP contribution in [-0.2, 0) is 22.2 Å². The number of aromatic nitrogens is 2. The third kappa shape index (κ3) is 8.34. The lowest BCUT2D eigenvalue weighted by molar-refractivity contribution is 0.155. The first-order chi connectivity index (χ1) is 20.7. The van der Waals surface area contributed by atoms with Gasteiger partial charge in [0, 0.05) is 36.9 Å². The number of hydrogen-bond donors (Lipinski definition) is 3. The minimum Gasteiger partial charge on any atom is -0.497 e. The van der Waals surface area contributed by atoms with Gasteiger partial charge in [0.1, 0.15) is 18.3 Å². The number of halogens is 1. The molecule has 5 rings (SSSR count). The van der Waals surface area contributed by atoms with Gasteiger partial charge in [0.25, 0.3) is 0 Å². The number of rotatable bonds is 14. The first-order valence-electron chi connectivity index (χ1n) is 14.0. The summed E-state index contributed by atoms with van der Waals surface area (Å²) in [6, 6.07) is 18.4. The number of phosphoric ester groups is 1. The molecule has 2 aromatic heterocycles. The van der Waals surface area contributed by atoms with Crippen molar-refractivity contribution in [2.24, 2.45) is 5.92 Å². The number of benzene rings is 2. The molecule has 0 radical (unpaired) electrons. The average Bonchev–Trinajstić information content (AvgIpc) is 3.76. The van der Waals surface area contributed by atoms with Crippen LogP contribution < -0.4 is 9.46 Å². The maximum Gasteiger partial charge on any atom is 0.471 e. The van der Waals surface area contributed by atoms with Crippen molar-refractivity contribution in [3.05, 3.63) is 83.1 Å². The van der Waals surface area contributed by atoms with Gasteiger partial charge < -0.3 is 14.5 Å². The van der Waals surface area contributed by atoms with E-state index in [4.69, 9.17) is 14.2 Å². The molecule has 4 aromatic rings. The van der Waals surface area contributed by atoms with E-state index >= 15 is 0 Å². The van der Waals surface area contributed by atoms with Crippen LogP contribution in [0.15, 0.2) is 66.0 Å². The number of imidazole rings is 1. The number of thiophene rings is 1. The Morgan fingerprint density at radius 2 is 1.95 bits per heavy atom. The molecule has 2 atom stereocenters. The third-order valence-corrected chi connectivity index (χ3v) is 9.97. The lowest BCUT2D eigenvalue weighted by atomic mass is 10.1. The zero-order valence-corrected chi connectivity index (χ0v) is 26.6. The van der Waals surface area contributed by atoms with Crippen molar-refractivity contribution < 1.29 is 28.0 Å². The van der Waals surface area contributed by atoms with Crippen LogP contribution in [-0.4, -0.2) is 56.7 Å². The summed E-state index contributed by atoms with van der Waals surface area (Å²) in [6.07, 6.45) is 1.73. The van der Waals surface area contributed by atoms with E-state index in [-0.39, 0.29) is 18.6 Å². The summed E-state index contributed by atoms with van der Waals surface area (Å²) in [5, 5.41) is 1.94. The second-order valence-electron chi connectivity index (χ2n) is 10.4. The van der Waals surface area contributed by atoms with Gasteiger partial charge in [0.05, 0.1) is 23.4 Å². The Labute approximate surface area is 259 Å². The molecule has 1 saturated heterocycles. The number of hydrogen-bond acceptors (Lipinski definition) is 8. The third-order valence-electron chi connectivity index (χ3n) is 7.60. The number of nitrogens with one attached hydrogen (secondary N) is 1. The molecule has 0 saturated carbocycles. The topological polar surface area (TPSA) is 109 Å². The van der Waals surface area contributed by atoms with E-state index in [0.717, 1.165) is 52.7 Å². The lowest BCUT2D eigenvalue weighted by Gasteiger charge is -2.24. The minimum atomic E-state index is -4.71. The Kier molecular flexibility index (Phi) is 10.7. The standard InChI is InChI=1S/C30H36FN4O5PS2/c1-21(23-5-9-25(31)10-6-23)34-16-14-22(18-34)19-43-32-15-13-27-29(24-7-11-26(39-2)12-8-24)35(20-40-41(36,37)38)30(33-27)28-4-3-17-42-28/h3-12,17,21-22,32H,13-16,18-20H2,1-2H3,(H2,36,37,38). The summed E-state index contributed by atoms with van der Waals surface area (Å²) in [6.45, 7) is 4.52. The summed E-state index contributed by atoms with van der Waals surface area (Å²) in [7, 11) is -3.11. The molecule has 9 nitrogen and oxygen atoms in total. The average molecular weight is 647 g/mol. The van der Waals surface area contributed by atoms with E-state index in [2.05, 4.69) is 16.5 Å². The highest BCUT2D eigenvalue weighted by Gasteiger charge is 2.27. The van der Waals surface area contributed by atoms with E-state index in [1.165, 1.54) is 23.5 Å². The van der Waals surface area contributed by atoms with Crippen molar-refractivity contribution in [1.82, 2.24) is 19.2 Å². The zero-order valence-electron chi connectivity index (χ0n) is 24.1. The smallest absolute Gasteiger partial charge is 0.471 e. The van der Waals surface area contributed by atoms with Crippen molar-refractivity contribution in [3.63, 3.8) is 0 Å². The van der Waals surface area contributed by atoms with Gasteiger partial charge in [0.15, 0.2) is 5.82 Å². The highest BCUT2D eigenvalue weighted by atomic mass is 32.2. The van der Waals surface area contributed by atoms with Crippen LogP contribution in [0.1, 0.15) is 30.6 Å². The van der Waals surface area contributed by atoms with Gasteiger partial charge in [-0.25, -0.2) is 13.9 Å². The predicted molar refractivity (Wildman–Crippen MR) is 169 cm³/mol. The summed E-state index contributed by atoms with van der Waals surface area (Å²) < 4.78 is 40.5. The molecule has 1 fully saturated rings. The molecular weight excluding hydrogens is 610 g/mol. The van der Waals surface area contributed by atoms with Gasteiger partial charge >= 0.3 is 7.82 Å². The number of likely N-dealkylation sites (tertiary alicyclic amines) is 1. The molecule has 0 amide bonds. The van der Waals surface area contributed by atoms with E-state index in [1.54, 1.807) is 23.6 Å². The van der Waals surface area contributed by atoms with E-state index in [9.17, 15) is 18.7 Å². The molecule has 3 N–H and O–H groups in total. The van der Waals surface area contributed by atoms with Crippen LogP contribution in [0.25, 0.3) is 22.0 Å². The van der Waals surface area contributed by atoms with Crippen LogP contribution in [0.2, 0.25) is 0 Å². The maximum atomic E-state index is 13.3. The fraction of sp³-hybridized carbons (Fsp3) is 0.367. The highest BCUT2D eigenvalue weighted by molar-refractivity contribution is 7.97. The normalized spacial score (nSPS) is 16.5. The van der Waals surface area contributed by atoms with Crippen molar-refractivity contribution in [3.8, 4) is 27.7 Å². The van der Waals surface area contributed by atoms with Gasteiger partial charge in [-0.1, -0.05) is 30.1 Å². The molecule has 1 aliphatic rings. The van der Waals surface area contributed by atoms with Crippen molar-refractivity contribution in [2.45, 2.75) is 32.5 Å². The summed E-state index contributed by atoms with van der Waals surface area (Å²) >= 11 is 3.21. The molecule has 1 aliphatic heterocycles. The van der Waals surface area contributed by atoms with E-state index < -0.39 is 7.82 Å². The second kappa shape index (κ2) is 14.5. The minimum absolute atomic E-state index is 0.210. The molecule has 2 aromatic carbocycles. The van der Waals surface area contributed by atoms with Gasteiger partial charge in [-0.3, -0.25) is 18.7 Å². The number of ether oxygens (including phenoxy) is 1. The molecule has 0 bridgehead atoms. The monoisotopic (exact) mass is 646 g/mol. The molecule has 0 aliphatic carbocycles. The number of phosphoric acid groups is 1.